The fourth-order valence-electron chi connectivity index (χ4n) is 3.31. The molecule has 2 aromatic rings. The minimum Gasteiger partial charge on any atom is -0.481 e. The molecule has 1 aliphatic rings. The number of thioether (sulfide) groups is 1. The molecule has 28 heavy (non-hydrogen) atoms. The van der Waals surface area contributed by atoms with Crippen LogP contribution in [0.2, 0.25) is 10.0 Å². The number of hydrogen-bond acceptors (Lipinski definition) is 3. The SMILES string of the molecule is CC(Oc1cccc2c1CCCC2)C(=O)NCCSCc1ccc(Cl)c(Cl)c1. The average molecular weight is 438 g/mol. The molecule has 1 aliphatic carbocycles. The Hall–Kier alpha value is -1.36. The number of carbonyl (C=O) groups is 1. The predicted octanol–water partition coefficient (Wildman–Crippen LogP) is 5.69. The van der Waals surface area contributed by atoms with Crippen molar-refractivity contribution in [2.75, 3.05) is 12.3 Å². The summed E-state index contributed by atoms with van der Waals surface area (Å²) >= 11 is 13.7. The molecule has 6 heteroatoms. The first kappa shape index (κ1) is 21.4. The van der Waals surface area contributed by atoms with E-state index >= 15 is 0 Å². The molecular weight excluding hydrogens is 413 g/mol. The average Bonchev–Trinajstić information content (AvgIpc) is 2.70. The van der Waals surface area contributed by atoms with Crippen molar-refractivity contribution in [3.8, 4) is 5.75 Å². The van der Waals surface area contributed by atoms with Gasteiger partial charge < -0.3 is 10.1 Å². The molecule has 1 N–H and O–H groups in total. The second kappa shape index (κ2) is 10.4. The van der Waals surface area contributed by atoms with Crippen molar-refractivity contribution in [1.29, 1.82) is 0 Å². The third-order valence-electron chi connectivity index (χ3n) is 4.82. The van der Waals surface area contributed by atoms with Crippen molar-refractivity contribution in [2.45, 2.75) is 44.5 Å². The van der Waals surface area contributed by atoms with Gasteiger partial charge in [0.15, 0.2) is 6.10 Å². The normalized spacial score (nSPS) is 14.2. The zero-order valence-corrected chi connectivity index (χ0v) is 18.3. The number of rotatable bonds is 8. The van der Waals surface area contributed by atoms with Crippen LogP contribution in [0.1, 0.15) is 36.5 Å². The number of benzene rings is 2. The molecular formula is C22H25Cl2NO2S. The maximum absolute atomic E-state index is 12.4. The number of fused-ring (bicyclic) bond motifs is 1. The smallest absolute Gasteiger partial charge is 0.260 e. The quantitative estimate of drug-likeness (QED) is 0.538. The molecule has 0 spiro atoms. The van der Waals surface area contributed by atoms with Gasteiger partial charge in [-0.1, -0.05) is 41.4 Å². The summed E-state index contributed by atoms with van der Waals surface area (Å²) in [5.74, 6) is 2.42. The van der Waals surface area contributed by atoms with Gasteiger partial charge in [-0.3, -0.25) is 4.79 Å². The lowest BCUT2D eigenvalue weighted by atomic mass is 9.91. The minimum atomic E-state index is -0.506. The van der Waals surface area contributed by atoms with Crippen molar-refractivity contribution in [3.63, 3.8) is 0 Å². The van der Waals surface area contributed by atoms with E-state index in [1.54, 1.807) is 18.7 Å². The molecule has 150 valence electrons. The van der Waals surface area contributed by atoms with Crippen LogP contribution in [0, 0.1) is 0 Å². The van der Waals surface area contributed by atoms with Crippen molar-refractivity contribution >= 4 is 40.9 Å². The molecule has 0 radical (unpaired) electrons. The van der Waals surface area contributed by atoms with Crippen molar-refractivity contribution in [3.05, 3.63) is 63.1 Å². The second-order valence-corrected chi connectivity index (χ2v) is 8.87. The Balaban J connectivity index is 1.40. The Morgan fingerprint density at radius 1 is 1.18 bits per heavy atom. The van der Waals surface area contributed by atoms with Crippen LogP contribution in [-0.2, 0) is 23.4 Å². The highest BCUT2D eigenvalue weighted by atomic mass is 35.5. The van der Waals surface area contributed by atoms with Gasteiger partial charge in [0, 0.05) is 18.1 Å². The zero-order chi connectivity index (χ0) is 19.9. The van der Waals surface area contributed by atoms with Gasteiger partial charge in [0.1, 0.15) is 5.75 Å². The number of halogens is 2. The highest BCUT2D eigenvalue weighted by molar-refractivity contribution is 7.98. The lowest BCUT2D eigenvalue weighted by molar-refractivity contribution is -0.127. The molecule has 0 aromatic heterocycles. The molecule has 3 nitrogen and oxygen atoms in total. The van der Waals surface area contributed by atoms with E-state index in [0.29, 0.717) is 16.6 Å². The maximum atomic E-state index is 12.4. The van der Waals surface area contributed by atoms with E-state index in [4.69, 9.17) is 27.9 Å². The van der Waals surface area contributed by atoms with Gasteiger partial charge in [-0.2, -0.15) is 11.8 Å². The van der Waals surface area contributed by atoms with Crippen LogP contribution in [0.3, 0.4) is 0 Å². The Morgan fingerprint density at radius 2 is 2.00 bits per heavy atom. The van der Waals surface area contributed by atoms with E-state index in [-0.39, 0.29) is 5.91 Å². The summed E-state index contributed by atoms with van der Waals surface area (Å²) in [6.45, 7) is 2.41. The summed E-state index contributed by atoms with van der Waals surface area (Å²) in [6, 6.07) is 11.8. The second-order valence-electron chi connectivity index (χ2n) is 6.95. The number of carbonyl (C=O) groups excluding carboxylic acids is 1. The lowest BCUT2D eigenvalue weighted by Crippen LogP contribution is -2.37. The molecule has 2 aromatic carbocycles. The maximum Gasteiger partial charge on any atom is 0.260 e. The first-order valence-electron chi connectivity index (χ1n) is 9.61. The molecule has 1 amide bonds. The van der Waals surface area contributed by atoms with E-state index < -0.39 is 6.10 Å². The van der Waals surface area contributed by atoms with Crippen LogP contribution < -0.4 is 10.1 Å². The molecule has 0 saturated carbocycles. The molecule has 0 heterocycles. The first-order chi connectivity index (χ1) is 13.5. The summed E-state index contributed by atoms with van der Waals surface area (Å²) in [7, 11) is 0. The van der Waals surface area contributed by atoms with Crippen molar-refractivity contribution in [2.24, 2.45) is 0 Å². The zero-order valence-electron chi connectivity index (χ0n) is 16.0. The topological polar surface area (TPSA) is 38.3 Å². The Morgan fingerprint density at radius 3 is 2.82 bits per heavy atom. The van der Waals surface area contributed by atoms with Gasteiger partial charge in [0.05, 0.1) is 10.0 Å². The monoisotopic (exact) mass is 437 g/mol. The van der Waals surface area contributed by atoms with Crippen LogP contribution >= 0.6 is 35.0 Å². The van der Waals surface area contributed by atoms with Gasteiger partial charge in [-0.15, -0.1) is 0 Å². The molecule has 0 bridgehead atoms. The van der Waals surface area contributed by atoms with E-state index in [0.717, 1.165) is 35.7 Å². The molecule has 0 aliphatic heterocycles. The number of amides is 1. The lowest BCUT2D eigenvalue weighted by Gasteiger charge is -2.22. The first-order valence-corrected chi connectivity index (χ1v) is 11.5. The van der Waals surface area contributed by atoms with Gasteiger partial charge in [-0.25, -0.2) is 0 Å². The molecule has 1 atom stereocenters. The Bertz CT molecular complexity index is 828. The summed E-state index contributed by atoms with van der Waals surface area (Å²) in [5, 5.41) is 4.10. The van der Waals surface area contributed by atoms with Crippen LogP contribution in [0.5, 0.6) is 5.75 Å². The molecule has 0 saturated heterocycles. The third-order valence-corrected chi connectivity index (χ3v) is 6.59. The van der Waals surface area contributed by atoms with E-state index in [2.05, 4.69) is 11.4 Å². The highest BCUT2D eigenvalue weighted by Gasteiger charge is 2.19. The Labute approximate surface area is 181 Å². The molecule has 3 rings (SSSR count). The summed E-state index contributed by atoms with van der Waals surface area (Å²) in [5.41, 5.74) is 3.75. The van der Waals surface area contributed by atoms with Gasteiger partial charge in [-0.05, 0) is 67.5 Å². The van der Waals surface area contributed by atoms with Crippen molar-refractivity contribution in [1.82, 2.24) is 5.32 Å². The van der Waals surface area contributed by atoms with Crippen LogP contribution in [0.25, 0.3) is 0 Å². The minimum absolute atomic E-state index is 0.0800. The number of hydrogen-bond donors (Lipinski definition) is 1. The fraction of sp³-hybridized carbons (Fsp3) is 0.409. The van der Waals surface area contributed by atoms with Gasteiger partial charge in [0.25, 0.3) is 5.91 Å². The van der Waals surface area contributed by atoms with E-state index in [1.165, 1.54) is 24.0 Å². The van der Waals surface area contributed by atoms with Crippen LogP contribution in [-0.4, -0.2) is 24.3 Å². The largest absolute Gasteiger partial charge is 0.481 e. The van der Waals surface area contributed by atoms with Gasteiger partial charge in [0.2, 0.25) is 0 Å². The highest BCUT2D eigenvalue weighted by Crippen LogP contribution is 2.30. The van der Waals surface area contributed by atoms with Gasteiger partial charge >= 0.3 is 0 Å². The number of aryl methyl sites for hydroxylation is 1. The van der Waals surface area contributed by atoms with Crippen LogP contribution in [0.4, 0.5) is 0 Å². The summed E-state index contributed by atoms with van der Waals surface area (Å²) in [6.07, 6.45) is 4.04. The van der Waals surface area contributed by atoms with Crippen LogP contribution in [0.15, 0.2) is 36.4 Å². The van der Waals surface area contributed by atoms with E-state index in [1.807, 2.05) is 30.3 Å². The summed E-state index contributed by atoms with van der Waals surface area (Å²) in [4.78, 5) is 12.4. The Kier molecular flexibility index (Phi) is 7.95. The van der Waals surface area contributed by atoms with E-state index in [9.17, 15) is 4.79 Å². The summed E-state index contributed by atoms with van der Waals surface area (Å²) < 4.78 is 5.98. The standard InChI is InChI=1S/C22H25Cl2NO2S/c1-15(27-21-8-4-6-17-5-2-3-7-18(17)21)22(26)25-11-12-28-14-16-9-10-19(23)20(24)13-16/h4,6,8-10,13,15H,2-3,5,7,11-12,14H2,1H3,(H,25,26). The fourth-order valence-corrected chi connectivity index (χ4v) is 4.44. The third kappa shape index (κ3) is 5.82. The molecule has 1 unspecified atom stereocenters. The predicted molar refractivity (Wildman–Crippen MR) is 119 cm³/mol. The number of ether oxygens (including phenoxy) is 1. The number of nitrogens with one attached hydrogen (secondary N) is 1. The van der Waals surface area contributed by atoms with Crippen molar-refractivity contribution < 1.29 is 9.53 Å². The molecule has 0 fully saturated rings.